The smallest absolute Gasteiger partial charge is 0.242 e. The first-order chi connectivity index (χ1) is 19.2. The number of unbranched alkanes of at least 4 members (excludes halogenated alkanes) is 1. The summed E-state index contributed by atoms with van der Waals surface area (Å²) in [6.07, 6.45) is 18.0. The molecule has 39 heavy (non-hydrogen) atoms. The van der Waals surface area contributed by atoms with E-state index in [1.165, 1.54) is 16.8 Å². The fraction of sp³-hybridized carbons (Fsp3) is 0.516. The van der Waals surface area contributed by atoms with Crippen molar-refractivity contribution in [2.24, 2.45) is 5.73 Å². The van der Waals surface area contributed by atoms with Gasteiger partial charge in [0.1, 0.15) is 0 Å². The average molecular weight is 529 g/mol. The number of anilines is 1. The van der Waals surface area contributed by atoms with Crippen LogP contribution in [0, 0.1) is 0 Å². The van der Waals surface area contributed by atoms with Crippen LogP contribution in [0.2, 0.25) is 0 Å². The van der Waals surface area contributed by atoms with E-state index >= 15 is 0 Å². The molecule has 1 amide bonds. The van der Waals surface area contributed by atoms with Gasteiger partial charge < -0.3 is 20.3 Å². The zero-order chi connectivity index (χ0) is 26.6. The quantitative estimate of drug-likeness (QED) is 0.500. The minimum Gasteiger partial charge on any atom is -0.378 e. The Kier molecular flexibility index (Phi) is 8.04. The van der Waals surface area contributed by atoms with Gasteiger partial charge in [-0.2, -0.15) is 0 Å². The van der Waals surface area contributed by atoms with E-state index in [0.717, 1.165) is 56.6 Å². The number of ether oxygens (including phenoxy) is 1. The maximum Gasteiger partial charge on any atom is 0.242 e. The number of morpholine rings is 1. The predicted octanol–water partition coefficient (Wildman–Crippen LogP) is 3.35. The molecule has 2 aliphatic carbocycles. The number of hydrogen-bond acceptors (Lipinski definition) is 7. The molecule has 2 unspecified atom stereocenters. The van der Waals surface area contributed by atoms with Crippen molar-refractivity contribution in [3.05, 3.63) is 77.4 Å². The minimum atomic E-state index is 0.126. The third-order valence-electron chi connectivity index (χ3n) is 8.67. The highest BCUT2D eigenvalue weighted by atomic mass is 16.5. The molecule has 1 saturated heterocycles. The molecule has 0 bridgehead atoms. The van der Waals surface area contributed by atoms with E-state index in [1.54, 1.807) is 0 Å². The van der Waals surface area contributed by atoms with E-state index in [-0.39, 0.29) is 23.9 Å². The van der Waals surface area contributed by atoms with Crippen molar-refractivity contribution < 1.29 is 9.53 Å². The highest BCUT2D eigenvalue weighted by Crippen LogP contribution is 2.46. The molecule has 2 aliphatic heterocycles. The molecule has 0 saturated carbocycles. The van der Waals surface area contributed by atoms with Gasteiger partial charge in [0, 0.05) is 37.9 Å². The number of allylic oxidation sites excluding steroid dienone is 2. The van der Waals surface area contributed by atoms with Crippen LogP contribution in [0.4, 0.5) is 5.69 Å². The van der Waals surface area contributed by atoms with Gasteiger partial charge in [0.15, 0.2) is 0 Å². The Morgan fingerprint density at radius 2 is 1.97 bits per heavy atom. The summed E-state index contributed by atoms with van der Waals surface area (Å²) in [6, 6.07) is 6.82. The van der Waals surface area contributed by atoms with Crippen molar-refractivity contribution in [3.63, 3.8) is 0 Å². The molecule has 2 aromatic rings. The average Bonchev–Trinajstić information content (AvgIpc) is 3.31. The van der Waals surface area contributed by atoms with Crippen LogP contribution in [-0.2, 0) is 22.5 Å². The first kappa shape index (κ1) is 26.2. The Balaban J connectivity index is 1.33. The van der Waals surface area contributed by atoms with Crippen molar-refractivity contribution in [1.82, 2.24) is 19.8 Å². The Labute approximate surface area is 231 Å². The lowest BCUT2D eigenvalue weighted by Crippen LogP contribution is -2.47. The fourth-order valence-corrected chi connectivity index (χ4v) is 6.74. The van der Waals surface area contributed by atoms with Gasteiger partial charge in [-0.3, -0.25) is 19.7 Å². The first-order valence-corrected chi connectivity index (χ1v) is 14.6. The summed E-state index contributed by atoms with van der Waals surface area (Å²) < 4.78 is 5.49. The van der Waals surface area contributed by atoms with Crippen LogP contribution >= 0.6 is 0 Å². The van der Waals surface area contributed by atoms with Gasteiger partial charge in [0.2, 0.25) is 5.91 Å². The lowest BCUT2D eigenvalue weighted by molar-refractivity contribution is -0.133. The van der Waals surface area contributed by atoms with Gasteiger partial charge in [0.25, 0.3) is 0 Å². The fourth-order valence-electron chi connectivity index (χ4n) is 6.74. The third kappa shape index (κ3) is 5.38. The number of aromatic nitrogens is 2. The predicted molar refractivity (Wildman–Crippen MR) is 152 cm³/mol. The van der Waals surface area contributed by atoms with E-state index in [0.29, 0.717) is 39.4 Å². The van der Waals surface area contributed by atoms with Gasteiger partial charge >= 0.3 is 0 Å². The molecule has 0 radical (unpaired) electrons. The molecule has 3 atom stereocenters. The number of fused-ring (bicyclic) bond motifs is 4. The van der Waals surface area contributed by atoms with Crippen LogP contribution in [0.25, 0.3) is 0 Å². The van der Waals surface area contributed by atoms with Gasteiger partial charge in [0.05, 0.1) is 48.9 Å². The molecule has 206 valence electrons. The molecule has 8 heteroatoms. The standard InChI is InChI=1S/C31H40N6O2/c32-13-3-4-16-36(28-11-5-7-23-8-6-14-34-30(23)28)21-26-31-25(12-15-33-26)24-9-1-2-10-27(24)37(31)22-29(38)35-17-19-39-20-18-35/h1-2,6,8-10,12,14-15,24,27-28H,3-5,7,11,13,16-22,32H2/t24?,27?,28-/m0/s1. The molecule has 6 rings (SSSR count). The summed E-state index contributed by atoms with van der Waals surface area (Å²) in [7, 11) is 0. The Morgan fingerprint density at radius 1 is 1.10 bits per heavy atom. The molecule has 0 aromatic carbocycles. The maximum absolute atomic E-state index is 13.5. The van der Waals surface area contributed by atoms with Crippen molar-refractivity contribution in [2.45, 2.75) is 56.7 Å². The van der Waals surface area contributed by atoms with E-state index in [2.05, 4.69) is 52.3 Å². The van der Waals surface area contributed by atoms with Gasteiger partial charge in [-0.1, -0.05) is 30.4 Å². The number of aryl methyl sites for hydroxylation is 1. The normalized spacial score (nSPS) is 23.6. The van der Waals surface area contributed by atoms with Crippen molar-refractivity contribution in [3.8, 4) is 0 Å². The summed E-state index contributed by atoms with van der Waals surface area (Å²) >= 11 is 0. The van der Waals surface area contributed by atoms with Crippen molar-refractivity contribution in [2.75, 3.05) is 50.8 Å². The molecule has 4 heterocycles. The summed E-state index contributed by atoms with van der Waals surface area (Å²) in [5.41, 5.74) is 11.9. The maximum atomic E-state index is 13.5. The van der Waals surface area contributed by atoms with Crippen LogP contribution in [0.15, 0.2) is 54.9 Å². The molecular formula is C31H40N6O2. The number of carbonyl (C=O) groups excluding carboxylic acids is 1. The summed E-state index contributed by atoms with van der Waals surface area (Å²) in [5.74, 6) is 0.389. The van der Waals surface area contributed by atoms with Gasteiger partial charge in [-0.25, -0.2) is 0 Å². The third-order valence-corrected chi connectivity index (χ3v) is 8.67. The summed E-state index contributed by atoms with van der Waals surface area (Å²) in [6.45, 7) is 5.26. The zero-order valence-corrected chi connectivity index (χ0v) is 22.8. The topological polar surface area (TPSA) is 87.8 Å². The molecule has 2 aromatic heterocycles. The lowest BCUT2D eigenvalue weighted by Gasteiger charge is -2.36. The number of nitrogens with zero attached hydrogens (tertiary/aromatic N) is 5. The van der Waals surface area contributed by atoms with Crippen molar-refractivity contribution in [1.29, 1.82) is 0 Å². The molecular weight excluding hydrogens is 488 g/mol. The van der Waals surface area contributed by atoms with E-state index < -0.39 is 0 Å². The van der Waals surface area contributed by atoms with Crippen LogP contribution in [-0.4, -0.2) is 77.7 Å². The number of rotatable bonds is 9. The monoisotopic (exact) mass is 528 g/mol. The zero-order valence-electron chi connectivity index (χ0n) is 22.8. The highest BCUT2D eigenvalue weighted by molar-refractivity contribution is 5.84. The van der Waals surface area contributed by atoms with E-state index in [9.17, 15) is 4.79 Å². The molecule has 4 aliphatic rings. The Morgan fingerprint density at radius 3 is 2.85 bits per heavy atom. The summed E-state index contributed by atoms with van der Waals surface area (Å²) in [5, 5.41) is 0. The second kappa shape index (κ2) is 12.0. The van der Waals surface area contributed by atoms with Gasteiger partial charge in [-0.15, -0.1) is 0 Å². The van der Waals surface area contributed by atoms with Crippen molar-refractivity contribution >= 4 is 11.6 Å². The van der Waals surface area contributed by atoms with Crippen LogP contribution in [0.5, 0.6) is 0 Å². The Hall–Kier alpha value is -3.07. The van der Waals surface area contributed by atoms with E-state index in [4.69, 9.17) is 20.4 Å². The largest absolute Gasteiger partial charge is 0.378 e. The number of carbonyl (C=O) groups is 1. The highest BCUT2D eigenvalue weighted by Gasteiger charge is 2.40. The molecule has 0 spiro atoms. The van der Waals surface area contributed by atoms with Crippen LogP contribution in [0.3, 0.4) is 0 Å². The lowest BCUT2D eigenvalue weighted by atomic mass is 9.90. The number of nitrogens with two attached hydrogens (primary N) is 1. The van der Waals surface area contributed by atoms with Gasteiger partial charge in [-0.05, 0) is 68.5 Å². The van der Waals surface area contributed by atoms with E-state index in [1.807, 2.05) is 17.3 Å². The molecule has 8 nitrogen and oxygen atoms in total. The number of amides is 1. The SMILES string of the molecule is NCCCCN(Cc1nccc2c1N(CC(=O)N1CCOCC1)C1C=CC=CC21)[C@H]1CCCc2cccnc21. The van der Waals surface area contributed by atoms with Crippen LogP contribution in [0.1, 0.15) is 60.2 Å². The minimum absolute atomic E-state index is 0.126. The first-order valence-electron chi connectivity index (χ1n) is 14.6. The molecule has 1 fully saturated rings. The number of pyridine rings is 2. The Bertz CT molecular complexity index is 1220. The second-order valence-corrected chi connectivity index (χ2v) is 11.0. The molecule has 2 N–H and O–H groups in total. The number of hydrogen-bond donors (Lipinski definition) is 1. The second-order valence-electron chi connectivity index (χ2n) is 11.0. The summed E-state index contributed by atoms with van der Waals surface area (Å²) in [4.78, 5) is 30.1. The van der Waals surface area contributed by atoms with Crippen LogP contribution < -0.4 is 10.6 Å².